The molecule has 58 valence electrons. The zero-order chi connectivity index (χ0) is 7.90. The fourth-order valence-corrected chi connectivity index (χ4v) is 1.76. The Labute approximate surface area is 66.1 Å². The van der Waals surface area contributed by atoms with Gasteiger partial charge in [0.25, 0.3) is 0 Å². The Bertz CT molecular complexity index is 249. The molecule has 11 heavy (non-hydrogen) atoms. The highest BCUT2D eigenvalue weighted by molar-refractivity contribution is 5.34. The Morgan fingerprint density at radius 2 is 1.64 bits per heavy atom. The maximum absolute atomic E-state index is 13.4. The molecule has 0 aliphatic heterocycles. The lowest BCUT2D eigenvalue weighted by atomic mass is 10.1. The van der Waals surface area contributed by atoms with Gasteiger partial charge in [0.15, 0.2) is 0 Å². The lowest BCUT2D eigenvalue weighted by Crippen LogP contribution is -2.16. The minimum absolute atomic E-state index is 0.586. The number of benzene rings is 1. The fourth-order valence-electron chi connectivity index (χ4n) is 1.76. The Morgan fingerprint density at radius 1 is 1.18 bits per heavy atom. The second-order valence-corrected chi connectivity index (χ2v) is 3.54. The highest BCUT2D eigenvalue weighted by atomic mass is 19.1. The van der Waals surface area contributed by atoms with E-state index in [0.29, 0.717) is 12.8 Å². The molecule has 1 aromatic rings. The first-order valence-electron chi connectivity index (χ1n) is 3.93. The molecule has 0 radical (unpaired) electrons. The Balaban J connectivity index is 2.41. The van der Waals surface area contributed by atoms with Crippen LogP contribution < -0.4 is 0 Å². The van der Waals surface area contributed by atoms with E-state index in [9.17, 15) is 4.39 Å². The molecule has 0 nitrogen and oxygen atoms in total. The van der Waals surface area contributed by atoms with Crippen molar-refractivity contribution in [3.8, 4) is 0 Å². The Morgan fingerprint density at radius 3 is 2.09 bits per heavy atom. The van der Waals surface area contributed by atoms with Gasteiger partial charge < -0.3 is 0 Å². The van der Waals surface area contributed by atoms with Crippen LogP contribution in [0.3, 0.4) is 0 Å². The molecule has 1 aliphatic rings. The molecule has 0 N–H and O–H groups in total. The topological polar surface area (TPSA) is 0 Å². The van der Waals surface area contributed by atoms with Gasteiger partial charge in [0.2, 0.25) is 0 Å². The van der Waals surface area contributed by atoms with Crippen LogP contribution in [0.25, 0.3) is 0 Å². The van der Waals surface area contributed by atoms with Crippen LogP contribution in [-0.4, -0.2) is 5.67 Å². The third kappa shape index (κ3) is 1.15. The van der Waals surface area contributed by atoms with Crippen LogP contribution in [0.5, 0.6) is 0 Å². The smallest absolute Gasteiger partial charge is 0.116 e. The Hall–Kier alpha value is -0.850. The fraction of sp³-hybridized carbons (Fsp3) is 0.400. The van der Waals surface area contributed by atoms with Crippen molar-refractivity contribution in [2.24, 2.45) is 0 Å². The minimum Gasteiger partial charge on any atom is -0.243 e. The first kappa shape index (κ1) is 6.84. The molecule has 0 atom stereocenters. The van der Waals surface area contributed by atoms with Crippen LogP contribution >= 0.6 is 0 Å². The van der Waals surface area contributed by atoms with Crippen molar-refractivity contribution in [3.63, 3.8) is 0 Å². The maximum atomic E-state index is 13.4. The predicted octanol–water partition coefficient (Wildman–Crippen LogP) is 2.51. The summed E-state index contributed by atoms with van der Waals surface area (Å²) in [5.74, 6) is 0. The maximum Gasteiger partial charge on any atom is 0.116 e. The van der Waals surface area contributed by atoms with Crippen molar-refractivity contribution >= 4 is 0 Å². The van der Waals surface area contributed by atoms with Crippen LogP contribution in [0.4, 0.5) is 4.39 Å². The lowest BCUT2D eigenvalue weighted by Gasteiger charge is -2.09. The number of fused-ring (bicyclic) bond motifs is 1. The zero-order valence-corrected chi connectivity index (χ0v) is 6.60. The summed E-state index contributed by atoms with van der Waals surface area (Å²) in [6.45, 7) is 1.67. The normalized spacial score (nSPS) is 19.8. The minimum atomic E-state index is -0.996. The van der Waals surface area contributed by atoms with E-state index in [0.717, 1.165) is 0 Å². The van der Waals surface area contributed by atoms with Gasteiger partial charge in [-0.15, -0.1) is 0 Å². The molecule has 0 heterocycles. The molecule has 1 aromatic carbocycles. The van der Waals surface area contributed by atoms with Gasteiger partial charge in [-0.3, -0.25) is 0 Å². The molecular formula is C10H11F. The Kier molecular flexibility index (Phi) is 1.28. The molecular weight excluding hydrogens is 139 g/mol. The van der Waals surface area contributed by atoms with Gasteiger partial charge in [0.05, 0.1) is 0 Å². The van der Waals surface area contributed by atoms with E-state index in [4.69, 9.17) is 0 Å². The second-order valence-electron chi connectivity index (χ2n) is 3.54. The van der Waals surface area contributed by atoms with Crippen LogP contribution in [0.1, 0.15) is 18.1 Å². The van der Waals surface area contributed by atoms with E-state index >= 15 is 0 Å². The van der Waals surface area contributed by atoms with E-state index in [1.165, 1.54) is 11.1 Å². The highest BCUT2D eigenvalue weighted by Crippen LogP contribution is 2.32. The second kappa shape index (κ2) is 2.07. The number of alkyl halides is 1. The van der Waals surface area contributed by atoms with Crippen LogP contribution in [0.2, 0.25) is 0 Å². The van der Waals surface area contributed by atoms with Gasteiger partial charge in [-0.25, -0.2) is 4.39 Å². The van der Waals surface area contributed by atoms with Crippen molar-refractivity contribution in [2.45, 2.75) is 25.4 Å². The number of hydrogen-bond donors (Lipinski definition) is 0. The van der Waals surface area contributed by atoms with E-state index < -0.39 is 5.67 Å². The van der Waals surface area contributed by atoms with Crippen molar-refractivity contribution in [3.05, 3.63) is 35.4 Å². The quantitative estimate of drug-likeness (QED) is 0.533. The summed E-state index contributed by atoms with van der Waals surface area (Å²) in [6, 6.07) is 7.97. The largest absolute Gasteiger partial charge is 0.243 e. The highest BCUT2D eigenvalue weighted by Gasteiger charge is 2.31. The monoisotopic (exact) mass is 150 g/mol. The predicted molar refractivity (Wildman–Crippen MR) is 43.4 cm³/mol. The molecule has 1 heteroatoms. The zero-order valence-electron chi connectivity index (χ0n) is 6.60. The van der Waals surface area contributed by atoms with E-state index in [-0.39, 0.29) is 0 Å². The van der Waals surface area contributed by atoms with Gasteiger partial charge in [-0.1, -0.05) is 24.3 Å². The average molecular weight is 150 g/mol. The third-order valence-corrected chi connectivity index (χ3v) is 2.24. The van der Waals surface area contributed by atoms with E-state index in [2.05, 4.69) is 0 Å². The molecule has 2 rings (SSSR count). The van der Waals surface area contributed by atoms with Crippen molar-refractivity contribution in [2.75, 3.05) is 0 Å². The first-order valence-corrected chi connectivity index (χ1v) is 3.93. The van der Waals surface area contributed by atoms with Crippen molar-refractivity contribution in [1.29, 1.82) is 0 Å². The summed E-state index contributed by atoms with van der Waals surface area (Å²) < 4.78 is 13.4. The van der Waals surface area contributed by atoms with E-state index in [1.807, 2.05) is 24.3 Å². The van der Waals surface area contributed by atoms with Gasteiger partial charge >= 0.3 is 0 Å². The SMILES string of the molecule is CC1(F)Cc2ccccc2C1. The van der Waals surface area contributed by atoms with E-state index in [1.54, 1.807) is 6.92 Å². The van der Waals surface area contributed by atoms with Crippen LogP contribution in [0.15, 0.2) is 24.3 Å². The molecule has 1 aliphatic carbocycles. The molecule has 0 fully saturated rings. The molecule has 0 unspecified atom stereocenters. The van der Waals surface area contributed by atoms with Gasteiger partial charge in [-0.05, 0) is 18.1 Å². The number of rotatable bonds is 0. The molecule has 0 amide bonds. The summed E-state index contributed by atoms with van der Waals surface area (Å²) in [5.41, 5.74) is 1.36. The van der Waals surface area contributed by atoms with Gasteiger partial charge in [0, 0.05) is 12.8 Å². The van der Waals surface area contributed by atoms with Gasteiger partial charge in [-0.2, -0.15) is 0 Å². The van der Waals surface area contributed by atoms with Gasteiger partial charge in [0.1, 0.15) is 5.67 Å². The molecule has 0 bridgehead atoms. The van der Waals surface area contributed by atoms with Crippen molar-refractivity contribution < 1.29 is 4.39 Å². The lowest BCUT2D eigenvalue weighted by molar-refractivity contribution is 0.205. The third-order valence-electron chi connectivity index (χ3n) is 2.24. The molecule has 0 saturated heterocycles. The summed E-state index contributed by atoms with van der Waals surface area (Å²) in [4.78, 5) is 0. The van der Waals surface area contributed by atoms with Crippen molar-refractivity contribution in [1.82, 2.24) is 0 Å². The molecule has 0 aromatic heterocycles. The standard InChI is InChI=1S/C10H11F/c1-10(11)6-8-4-2-3-5-9(8)7-10/h2-5H,6-7H2,1H3. The molecule has 0 saturated carbocycles. The summed E-state index contributed by atoms with van der Waals surface area (Å²) >= 11 is 0. The van der Waals surface area contributed by atoms with Crippen LogP contribution in [-0.2, 0) is 12.8 Å². The molecule has 0 spiro atoms. The summed E-state index contributed by atoms with van der Waals surface area (Å²) in [7, 11) is 0. The number of halogens is 1. The summed E-state index contributed by atoms with van der Waals surface area (Å²) in [5, 5.41) is 0. The summed E-state index contributed by atoms with van der Waals surface area (Å²) in [6.07, 6.45) is 1.17. The number of hydrogen-bond acceptors (Lipinski definition) is 0. The average Bonchev–Trinajstić information content (AvgIpc) is 2.21. The van der Waals surface area contributed by atoms with Crippen LogP contribution in [0, 0.1) is 0 Å². The first-order chi connectivity index (χ1) is 5.17.